The van der Waals surface area contributed by atoms with Gasteiger partial charge in [-0.1, -0.05) is 18.2 Å². The molecule has 0 N–H and O–H groups in total. The highest BCUT2D eigenvalue weighted by molar-refractivity contribution is 5.78. The number of ether oxygens (including phenoxy) is 3. The maximum absolute atomic E-state index is 12.9. The number of likely N-dealkylation sites (tertiary alicyclic amines) is 1. The lowest BCUT2D eigenvalue weighted by Gasteiger charge is -2.28. The maximum atomic E-state index is 12.9. The van der Waals surface area contributed by atoms with Gasteiger partial charge < -0.3 is 19.1 Å². The number of methoxy groups -OCH3 is 3. The molecule has 0 aliphatic carbocycles. The molecule has 1 saturated heterocycles. The fraction of sp³-hybridized carbons (Fsp3) is 0.435. The van der Waals surface area contributed by atoms with Crippen molar-refractivity contribution in [3.63, 3.8) is 0 Å². The first kappa shape index (κ1) is 21.0. The van der Waals surface area contributed by atoms with Gasteiger partial charge in [0.1, 0.15) is 17.2 Å². The number of carbonyl (C=O) groups excluding carboxylic acids is 1. The Balaban J connectivity index is 1.66. The van der Waals surface area contributed by atoms with Gasteiger partial charge in [0.2, 0.25) is 5.91 Å². The number of hydrogen-bond acceptors (Lipinski definition) is 5. The van der Waals surface area contributed by atoms with Crippen LogP contribution in [0.25, 0.3) is 0 Å². The zero-order valence-corrected chi connectivity index (χ0v) is 17.7. The highest BCUT2D eigenvalue weighted by Gasteiger charge is 2.30. The van der Waals surface area contributed by atoms with Gasteiger partial charge in [0.15, 0.2) is 0 Å². The fourth-order valence-electron chi connectivity index (χ4n) is 3.85. The number of benzene rings is 2. The Morgan fingerprint density at radius 3 is 2.38 bits per heavy atom. The third kappa shape index (κ3) is 5.01. The lowest BCUT2D eigenvalue weighted by atomic mass is 10.0. The summed E-state index contributed by atoms with van der Waals surface area (Å²) in [6, 6.07) is 13.9. The predicted octanol–water partition coefficient (Wildman–Crippen LogP) is 3.51. The second kappa shape index (κ2) is 9.65. The molecule has 0 spiro atoms. The largest absolute Gasteiger partial charge is 0.497 e. The topological polar surface area (TPSA) is 51.2 Å². The van der Waals surface area contributed by atoms with Gasteiger partial charge in [0.25, 0.3) is 0 Å². The zero-order valence-electron chi connectivity index (χ0n) is 17.7. The Hall–Kier alpha value is -2.73. The molecule has 156 valence electrons. The SMILES string of the molecule is COc1ccc(CN(C)C(=O)CN2CCCC2c2ccc(OC)cc2OC)cc1. The molecule has 0 bridgehead atoms. The Morgan fingerprint density at radius 1 is 1.03 bits per heavy atom. The van der Waals surface area contributed by atoms with E-state index in [2.05, 4.69) is 4.90 Å². The van der Waals surface area contributed by atoms with Crippen molar-refractivity contribution in [2.45, 2.75) is 25.4 Å². The van der Waals surface area contributed by atoms with Gasteiger partial charge in [0.05, 0.1) is 27.9 Å². The summed E-state index contributed by atoms with van der Waals surface area (Å²) in [7, 11) is 6.82. The average Bonchev–Trinajstić information content (AvgIpc) is 3.21. The number of carbonyl (C=O) groups is 1. The minimum absolute atomic E-state index is 0.111. The number of rotatable bonds is 8. The third-order valence-corrected chi connectivity index (χ3v) is 5.51. The van der Waals surface area contributed by atoms with Crippen LogP contribution in [0.15, 0.2) is 42.5 Å². The molecule has 1 aliphatic rings. The molecular weight excluding hydrogens is 368 g/mol. The van der Waals surface area contributed by atoms with Crippen LogP contribution in [0.1, 0.15) is 30.0 Å². The summed E-state index contributed by atoms with van der Waals surface area (Å²) in [5.74, 6) is 2.50. The Bertz CT molecular complexity index is 822. The lowest BCUT2D eigenvalue weighted by molar-refractivity contribution is -0.131. The van der Waals surface area contributed by atoms with Crippen molar-refractivity contribution in [1.82, 2.24) is 9.80 Å². The number of amides is 1. The molecule has 1 fully saturated rings. The van der Waals surface area contributed by atoms with Gasteiger partial charge in [-0.3, -0.25) is 9.69 Å². The molecule has 1 aliphatic heterocycles. The van der Waals surface area contributed by atoms with Crippen molar-refractivity contribution in [2.75, 3.05) is 41.5 Å². The Morgan fingerprint density at radius 2 is 1.72 bits per heavy atom. The minimum atomic E-state index is 0.111. The third-order valence-electron chi connectivity index (χ3n) is 5.51. The molecule has 1 amide bonds. The molecule has 0 aromatic heterocycles. The van der Waals surface area contributed by atoms with E-state index in [1.165, 1.54) is 0 Å². The summed E-state index contributed by atoms with van der Waals surface area (Å²) < 4.78 is 16.1. The van der Waals surface area contributed by atoms with Crippen LogP contribution in [0.3, 0.4) is 0 Å². The van der Waals surface area contributed by atoms with Crippen molar-refractivity contribution >= 4 is 5.91 Å². The highest BCUT2D eigenvalue weighted by Crippen LogP contribution is 2.38. The van der Waals surface area contributed by atoms with E-state index in [1.54, 1.807) is 26.2 Å². The van der Waals surface area contributed by atoms with Crippen LogP contribution in [-0.2, 0) is 11.3 Å². The molecular formula is C23H30N2O4. The minimum Gasteiger partial charge on any atom is -0.497 e. The van der Waals surface area contributed by atoms with Gasteiger partial charge in [-0.25, -0.2) is 0 Å². The summed E-state index contributed by atoms with van der Waals surface area (Å²) in [6.07, 6.45) is 2.08. The summed E-state index contributed by atoms with van der Waals surface area (Å²) in [6.45, 7) is 1.88. The quantitative estimate of drug-likeness (QED) is 0.681. The molecule has 29 heavy (non-hydrogen) atoms. The summed E-state index contributed by atoms with van der Waals surface area (Å²) >= 11 is 0. The van der Waals surface area contributed by atoms with Crippen LogP contribution in [0.4, 0.5) is 0 Å². The van der Waals surface area contributed by atoms with Crippen molar-refractivity contribution in [3.05, 3.63) is 53.6 Å². The standard InChI is InChI=1S/C23H30N2O4/c1-24(15-17-7-9-18(27-2)10-8-17)23(26)16-25-13-5-6-21(25)20-12-11-19(28-3)14-22(20)29-4/h7-12,14,21H,5-6,13,15-16H2,1-4H3. The Labute approximate surface area is 173 Å². The molecule has 3 rings (SSSR count). The summed E-state index contributed by atoms with van der Waals surface area (Å²) in [4.78, 5) is 16.9. The first-order valence-corrected chi connectivity index (χ1v) is 9.88. The fourth-order valence-corrected chi connectivity index (χ4v) is 3.85. The molecule has 1 heterocycles. The zero-order chi connectivity index (χ0) is 20.8. The van der Waals surface area contributed by atoms with Gasteiger partial charge in [0, 0.05) is 31.3 Å². The van der Waals surface area contributed by atoms with E-state index in [9.17, 15) is 4.79 Å². The summed E-state index contributed by atoms with van der Waals surface area (Å²) in [5, 5.41) is 0. The lowest BCUT2D eigenvalue weighted by Crippen LogP contribution is -2.37. The van der Waals surface area contributed by atoms with Crippen LogP contribution in [-0.4, -0.2) is 57.2 Å². The van der Waals surface area contributed by atoms with Gasteiger partial charge in [-0.2, -0.15) is 0 Å². The molecule has 0 radical (unpaired) electrons. The van der Waals surface area contributed by atoms with E-state index >= 15 is 0 Å². The van der Waals surface area contributed by atoms with E-state index in [1.807, 2.05) is 49.5 Å². The van der Waals surface area contributed by atoms with E-state index in [0.29, 0.717) is 13.1 Å². The van der Waals surface area contributed by atoms with E-state index < -0.39 is 0 Å². The smallest absolute Gasteiger partial charge is 0.236 e. The predicted molar refractivity (Wildman–Crippen MR) is 113 cm³/mol. The Kier molecular flexibility index (Phi) is 6.99. The number of likely N-dealkylation sites (N-methyl/N-ethyl adjacent to an activating group) is 1. The maximum Gasteiger partial charge on any atom is 0.236 e. The second-order valence-corrected chi connectivity index (χ2v) is 7.33. The number of hydrogen-bond donors (Lipinski definition) is 0. The van der Waals surface area contributed by atoms with Gasteiger partial charge in [-0.15, -0.1) is 0 Å². The van der Waals surface area contributed by atoms with E-state index in [-0.39, 0.29) is 11.9 Å². The monoisotopic (exact) mass is 398 g/mol. The molecule has 6 nitrogen and oxygen atoms in total. The normalized spacial score (nSPS) is 16.5. The van der Waals surface area contributed by atoms with Crippen LogP contribution in [0.2, 0.25) is 0 Å². The van der Waals surface area contributed by atoms with Crippen molar-refractivity contribution < 1.29 is 19.0 Å². The second-order valence-electron chi connectivity index (χ2n) is 7.33. The molecule has 0 saturated carbocycles. The van der Waals surface area contributed by atoms with Gasteiger partial charge >= 0.3 is 0 Å². The van der Waals surface area contributed by atoms with Crippen LogP contribution in [0.5, 0.6) is 17.2 Å². The van der Waals surface area contributed by atoms with Crippen LogP contribution >= 0.6 is 0 Å². The van der Waals surface area contributed by atoms with E-state index in [0.717, 1.165) is 47.8 Å². The van der Waals surface area contributed by atoms with Crippen LogP contribution < -0.4 is 14.2 Å². The molecule has 1 unspecified atom stereocenters. The van der Waals surface area contributed by atoms with Crippen molar-refractivity contribution in [1.29, 1.82) is 0 Å². The van der Waals surface area contributed by atoms with Crippen LogP contribution in [0, 0.1) is 0 Å². The summed E-state index contributed by atoms with van der Waals surface area (Å²) in [5.41, 5.74) is 2.19. The van der Waals surface area contributed by atoms with Gasteiger partial charge in [-0.05, 0) is 43.1 Å². The molecule has 2 aromatic rings. The van der Waals surface area contributed by atoms with Crippen molar-refractivity contribution in [2.24, 2.45) is 0 Å². The van der Waals surface area contributed by atoms with Crippen molar-refractivity contribution in [3.8, 4) is 17.2 Å². The molecule has 2 aromatic carbocycles. The highest BCUT2D eigenvalue weighted by atomic mass is 16.5. The van der Waals surface area contributed by atoms with E-state index in [4.69, 9.17) is 14.2 Å². The molecule has 1 atom stereocenters. The number of nitrogens with zero attached hydrogens (tertiary/aromatic N) is 2. The molecule has 6 heteroatoms. The first-order valence-electron chi connectivity index (χ1n) is 9.88. The average molecular weight is 399 g/mol. The first-order chi connectivity index (χ1) is 14.0.